The maximum Gasteiger partial charge on any atom is 0.330 e. The predicted molar refractivity (Wildman–Crippen MR) is 60.5 cm³/mol. The van der Waals surface area contributed by atoms with Crippen molar-refractivity contribution >= 4 is 34.7 Å². The van der Waals surface area contributed by atoms with E-state index in [9.17, 15) is 9.59 Å². The molecular formula is C8H13NO3S2. The van der Waals surface area contributed by atoms with E-state index in [0.717, 1.165) is 17.8 Å². The molecule has 0 spiro atoms. The van der Waals surface area contributed by atoms with Crippen molar-refractivity contribution in [3.05, 3.63) is 12.7 Å². The van der Waals surface area contributed by atoms with Crippen LogP contribution in [0.1, 0.15) is 0 Å². The molecule has 0 fully saturated rings. The summed E-state index contributed by atoms with van der Waals surface area (Å²) in [4.78, 5) is 21.6. The zero-order valence-electron chi connectivity index (χ0n) is 7.95. The average molecular weight is 235 g/mol. The molecule has 0 heterocycles. The van der Waals surface area contributed by atoms with Gasteiger partial charge in [-0.15, -0.1) is 11.8 Å². The van der Waals surface area contributed by atoms with E-state index < -0.39 is 5.97 Å². The van der Waals surface area contributed by atoms with Crippen molar-refractivity contribution in [2.45, 2.75) is 0 Å². The fourth-order valence-corrected chi connectivity index (χ4v) is 1.41. The third-order valence-electron chi connectivity index (χ3n) is 1.09. The lowest BCUT2D eigenvalue weighted by molar-refractivity contribution is -0.137. The number of hydrogen-bond acceptors (Lipinski definition) is 5. The van der Waals surface area contributed by atoms with E-state index >= 15 is 0 Å². The van der Waals surface area contributed by atoms with Gasteiger partial charge in [0.15, 0.2) is 0 Å². The molecule has 0 bridgehead atoms. The summed E-state index contributed by atoms with van der Waals surface area (Å²) in [6.45, 7) is 3.48. The Morgan fingerprint density at radius 3 is 2.86 bits per heavy atom. The molecule has 1 N–H and O–H groups in total. The Bertz CT molecular complexity index is 209. The van der Waals surface area contributed by atoms with Gasteiger partial charge in [-0.05, 0) is 6.26 Å². The Morgan fingerprint density at radius 2 is 2.29 bits per heavy atom. The second-order valence-electron chi connectivity index (χ2n) is 2.12. The van der Waals surface area contributed by atoms with Crippen LogP contribution in [0.25, 0.3) is 0 Å². The Hall–Kier alpha value is -0.620. The first kappa shape index (κ1) is 13.4. The maximum absolute atomic E-state index is 11.0. The van der Waals surface area contributed by atoms with E-state index in [4.69, 9.17) is 0 Å². The van der Waals surface area contributed by atoms with Gasteiger partial charge in [0.1, 0.15) is 6.61 Å². The van der Waals surface area contributed by atoms with Crippen LogP contribution in [-0.4, -0.2) is 35.7 Å². The van der Waals surface area contributed by atoms with Crippen molar-refractivity contribution < 1.29 is 14.3 Å². The van der Waals surface area contributed by atoms with Crippen molar-refractivity contribution in [1.82, 2.24) is 5.32 Å². The van der Waals surface area contributed by atoms with E-state index in [-0.39, 0.29) is 11.8 Å². The van der Waals surface area contributed by atoms with Crippen LogP contribution in [0.2, 0.25) is 0 Å². The molecule has 14 heavy (non-hydrogen) atoms. The number of ether oxygens (including phenoxy) is 1. The average Bonchev–Trinajstić information content (AvgIpc) is 2.21. The van der Waals surface area contributed by atoms with Gasteiger partial charge in [0.05, 0.1) is 5.88 Å². The third kappa shape index (κ3) is 8.00. The Kier molecular flexibility index (Phi) is 8.56. The first-order chi connectivity index (χ1) is 6.70. The topological polar surface area (TPSA) is 55.4 Å². The molecule has 1 amide bonds. The van der Waals surface area contributed by atoms with Crippen molar-refractivity contribution in [3.63, 3.8) is 0 Å². The van der Waals surface area contributed by atoms with E-state index in [1.807, 2.05) is 6.26 Å². The van der Waals surface area contributed by atoms with Crippen LogP contribution in [0.15, 0.2) is 12.7 Å². The number of amides is 1. The summed E-state index contributed by atoms with van der Waals surface area (Å²) < 4.78 is 4.68. The highest BCUT2D eigenvalue weighted by Crippen LogP contribution is 2.02. The molecule has 0 saturated heterocycles. The van der Waals surface area contributed by atoms with Crippen LogP contribution in [0.3, 0.4) is 0 Å². The summed E-state index contributed by atoms with van der Waals surface area (Å²) in [5.74, 6) is 0.591. The standard InChI is InChI=1S/C8H13NO3S2/c1-3-7(10)12-4-5-14-8(11)9-6-13-2/h3H,1,4-6H2,2H3,(H,9,11). The summed E-state index contributed by atoms with van der Waals surface area (Å²) in [5.41, 5.74) is 0. The number of carbonyl (C=O) groups is 2. The van der Waals surface area contributed by atoms with Crippen LogP contribution in [0.4, 0.5) is 4.79 Å². The molecule has 0 radical (unpaired) electrons. The molecular weight excluding hydrogens is 222 g/mol. The molecule has 0 atom stereocenters. The van der Waals surface area contributed by atoms with Crippen molar-refractivity contribution in [2.75, 3.05) is 24.5 Å². The quantitative estimate of drug-likeness (QED) is 0.327. The molecule has 6 heteroatoms. The molecule has 0 aromatic carbocycles. The minimum atomic E-state index is -0.463. The largest absolute Gasteiger partial charge is 0.462 e. The van der Waals surface area contributed by atoms with Crippen molar-refractivity contribution in [3.8, 4) is 0 Å². The fraction of sp³-hybridized carbons (Fsp3) is 0.500. The van der Waals surface area contributed by atoms with E-state index in [1.54, 1.807) is 0 Å². The van der Waals surface area contributed by atoms with Crippen molar-refractivity contribution in [2.24, 2.45) is 0 Å². The number of carbonyl (C=O) groups excluding carboxylic acids is 2. The lowest BCUT2D eigenvalue weighted by atomic mass is 10.6. The minimum Gasteiger partial charge on any atom is -0.462 e. The SMILES string of the molecule is C=CC(=O)OCCSC(=O)NCSC. The van der Waals surface area contributed by atoms with Crippen LogP contribution < -0.4 is 5.32 Å². The van der Waals surface area contributed by atoms with Gasteiger partial charge in [-0.25, -0.2) is 4.79 Å². The van der Waals surface area contributed by atoms with E-state index in [0.29, 0.717) is 11.6 Å². The van der Waals surface area contributed by atoms with Crippen LogP contribution in [0.5, 0.6) is 0 Å². The summed E-state index contributed by atoms with van der Waals surface area (Å²) in [7, 11) is 0. The van der Waals surface area contributed by atoms with Gasteiger partial charge in [-0.3, -0.25) is 4.79 Å². The smallest absolute Gasteiger partial charge is 0.330 e. The van der Waals surface area contributed by atoms with Gasteiger partial charge in [-0.2, -0.15) is 0 Å². The molecule has 0 aromatic rings. The molecule has 0 aliphatic carbocycles. The fourth-order valence-electron chi connectivity index (χ4n) is 0.518. The number of rotatable bonds is 6. The normalized spacial score (nSPS) is 9.21. The van der Waals surface area contributed by atoms with E-state index in [2.05, 4.69) is 16.6 Å². The monoisotopic (exact) mass is 235 g/mol. The highest BCUT2D eigenvalue weighted by atomic mass is 32.2. The minimum absolute atomic E-state index is 0.103. The summed E-state index contributed by atoms with van der Waals surface area (Å²) in [6.07, 6.45) is 3.00. The number of esters is 1. The lowest BCUT2D eigenvalue weighted by Crippen LogP contribution is -2.18. The lowest BCUT2D eigenvalue weighted by Gasteiger charge is -2.02. The van der Waals surface area contributed by atoms with Gasteiger partial charge >= 0.3 is 5.97 Å². The molecule has 4 nitrogen and oxygen atoms in total. The maximum atomic E-state index is 11.0. The number of nitrogens with one attached hydrogen (secondary N) is 1. The first-order valence-corrected chi connectivity index (χ1v) is 6.27. The molecule has 0 unspecified atom stereocenters. The van der Waals surface area contributed by atoms with Crippen molar-refractivity contribution in [1.29, 1.82) is 0 Å². The van der Waals surface area contributed by atoms with Crippen LogP contribution in [0, 0.1) is 0 Å². The van der Waals surface area contributed by atoms with Gasteiger partial charge in [0, 0.05) is 11.8 Å². The predicted octanol–water partition coefficient (Wildman–Crippen LogP) is 1.48. The van der Waals surface area contributed by atoms with Crippen LogP contribution in [-0.2, 0) is 9.53 Å². The highest BCUT2D eigenvalue weighted by molar-refractivity contribution is 8.13. The zero-order chi connectivity index (χ0) is 10.8. The number of hydrogen-bond donors (Lipinski definition) is 1. The molecule has 0 rings (SSSR count). The van der Waals surface area contributed by atoms with Gasteiger partial charge in [0.25, 0.3) is 5.24 Å². The van der Waals surface area contributed by atoms with Gasteiger partial charge < -0.3 is 10.1 Å². The first-order valence-electron chi connectivity index (χ1n) is 3.89. The summed E-state index contributed by atoms with van der Waals surface area (Å²) >= 11 is 2.63. The number of thioether (sulfide) groups is 2. The summed E-state index contributed by atoms with van der Waals surface area (Å²) in [5, 5.41) is 2.56. The molecule has 0 aliphatic rings. The second kappa shape index (κ2) is 8.96. The second-order valence-corrected chi connectivity index (χ2v) is 4.05. The third-order valence-corrected chi connectivity index (χ3v) is 2.30. The Morgan fingerprint density at radius 1 is 1.57 bits per heavy atom. The molecule has 0 aromatic heterocycles. The summed E-state index contributed by atoms with van der Waals surface area (Å²) in [6, 6.07) is 0. The van der Waals surface area contributed by atoms with E-state index in [1.165, 1.54) is 11.8 Å². The highest BCUT2D eigenvalue weighted by Gasteiger charge is 2.01. The Balaban J connectivity index is 3.31. The molecule has 0 aliphatic heterocycles. The molecule has 0 saturated carbocycles. The molecule has 80 valence electrons. The van der Waals surface area contributed by atoms with Crippen LogP contribution >= 0.6 is 23.5 Å². The Labute approximate surface area is 91.8 Å². The zero-order valence-corrected chi connectivity index (χ0v) is 9.58. The van der Waals surface area contributed by atoms with Gasteiger partial charge in [-0.1, -0.05) is 18.3 Å². The van der Waals surface area contributed by atoms with Gasteiger partial charge in [0.2, 0.25) is 0 Å².